The lowest BCUT2D eigenvalue weighted by atomic mass is 9.99. The second-order valence-corrected chi connectivity index (χ2v) is 11.1. The molecule has 1 aliphatic heterocycles. The van der Waals surface area contributed by atoms with Crippen LogP contribution in [0.3, 0.4) is 0 Å². The van der Waals surface area contributed by atoms with Crippen LogP contribution in [0.2, 0.25) is 0 Å². The summed E-state index contributed by atoms with van der Waals surface area (Å²) in [6.07, 6.45) is 3.68. The number of para-hydroxylation sites is 1. The molecule has 3 aromatic carbocycles. The van der Waals surface area contributed by atoms with Gasteiger partial charge in [-0.15, -0.1) is 0 Å². The first-order valence-electron chi connectivity index (χ1n) is 11.5. The van der Waals surface area contributed by atoms with Crippen molar-refractivity contribution >= 4 is 37.4 Å². The topological polar surface area (TPSA) is 59.4 Å². The van der Waals surface area contributed by atoms with E-state index in [0.29, 0.717) is 11.3 Å². The Hall–Kier alpha value is -3.12. The summed E-state index contributed by atoms with van der Waals surface area (Å²) in [6.45, 7) is 3.91. The minimum Gasteiger partial charge on any atom is -0.341 e. The Morgan fingerprint density at radius 3 is 2.36 bits per heavy atom. The van der Waals surface area contributed by atoms with Gasteiger partial charge in [-0.2, -0.15) is 0 Å². The van der Waals surface area contributed by atoms with Crippen molar-refractivity contribution in [1.29, 1.82) is 0 Å². The first-order chi connectivity index (χ1) is 15.9. The quantitative estimate of drug-likeness (QED) is 0.420. The van der Waals surface area contributed by atoms with E-state index in [0.717, 1.165) is 47.8 Å². The molecule has 0 spiro atoms. The van der Waals surface area contributed by atoms with Crippen molar-refractivity contribution < 1.29 is 13.2 Å². The third-order valence-electron chi connectivity index (χ3n) is 6.75. The molecule has 1 aromatic heterocycles. The van der Waals surface area contributed by atoms with E-state index in [9.17, 15) is 13.2 Å². The molecule has 6 heteroatoms. The van der Waals surface area contributed by atoms with Crippen LogP contribution in [0, 0.1) is 5.92 Å². The van der Waals surface area contributed by atoms with Gasteiger partial charge < -0.3 is 9.47 Å². The molecule has 5 nitrogen and oxygen atoms in total. The van der Waals surface area contributed by atoms with Gasteiger partial charge in [-0.25, -0.2) is 8.42 Å². The largest absolute Gasteiger partial charge is 0.341 e. The highest BCUT2D eigenvalue weighted by Crippen LogP contribution is 2.30. The second kappa shape index (κ2) is 8.67. The first-order valence-corrected chi connectivity index (χ1v) is 13.1. The number of rotatable bonds is 5. The molecule has 0 unspecified atom stereocenters. The van der Waals surface area contributed by atoms with Crippen LogP contribution in [0.15, 0.2) is 77.8 Å². The van der Waals surface area contributed by atoms with E-state index in [2.05, 4.69) is 6.92 Å². The standard InChI is InChI=1S/C27H28N2O3S/c1-20-13-15-28(16-14-20)27(30)18-29-17-26(24-11-4-5-12-25(24)29)33(31,32)19-22-9-6-8-21-7-2-3-10-23(21)22/h2-12,17,20H,13-16,18-19H2,1H3. The average molecular weight is 461 g/mol. The summed E-state index contributed by atoms with van der Waals surface area (Å²) >= 11 is 0. The van der Waals surface area contributed by atoms with Crippen LogP contribution in [0.5, 0.6) is 0 Å². The Balaban J connectivity index is 1.48. The monoisotopic (exact) mass is 460 g/mol. The number of nitrogens with zero attached hydrogens (tertiary/aromatic N) is 2. The average Bonchev–Trinajstić information content (AvgIpc) is 3.19. The molecule has 0 N–H and O–H groups in total. The van der Waals surface area contributed by atoms with Crippen LogP contribution >= 0.6 is 0 Å². The predicted molar refractivity (Wildman–Crippen MR) is 132 cm³/mol. The molecule has 2 heterocycles. The molecule has 1 fully saturated rings. The number of hydrogen-bond donors (Lipinski definition) is 0. The predicted octanol–water partition coefficient (Wildman–Crippen LogP) is 5.03. The van der Waals surface area contributed by atoms with Gasteiger partial charge in [0.1, 0.15) is 6.54 Å². The fourth-order valence-electron chi connectivity index (χ4n) is 4.80. The summed E-state index contributed by atoms with van der Waals surface area (Å²) in [5.74, 6) is 0.605. The molecule has 1 saturated heterocycles. The summed E-state index contributed by atoms with van der Waals surface area (Å²) < 4.78 is 29.0. The Bertz CT molecular complexity index is 1430. The van der Waals surface area contributed by atoms with Gasteiger partial charge in [0, 0.05) is 30.2 Å². The Kier molecular flexibility index (Phi) is 5.71. The van der Waals surface area contributed by atoms with Gasteiger partial charge in [0.15, 0.2) is 9.84 Å². The molecule has 5 rings (SSSR count). The van der Waals surface area contributed by atoms with Crippen molar-refractivity contribution in [2.75, 3.05) is 13.1 Å². The van der Waals surface area contributed by atoms with E-state index >= 15 is 0 Å². The fraction of sp³-hybridized carbons (Fsp3) is 0.296. The summed E-state index contributed by atoms with van der Waals surface area (Å²) in [4.78, 5) is 15.2. The number of sulfone groups is 1. The van der Waals surface area contributed by atoms with Crippen molar-refractivity contribution in [2.24, 2.45) is 5.92 Å². The molecule has 0 atom stereocenters. The maximum atomic E-state index is 13.6. The number of carbonyl (C=O) groups excluding carboxylic acids is 1. The zero-order valence-electron chi connectivity index (χ0n) is 18.8. The molecule has 0 bridgehead atoms. The highest BCUT2D eigenvalue weighted by Gasteiger charge is 2.25. The van der Waals surface area contributed by atoms with Crippen molar-refractivity contribution in [1.82, 2.24) is 9.47 Å². The van der Waals surface area contributed by atoms with Gasteiger partial charge in [0.25, 0.3) is 0 Å². The molecule has 33 heavy (non-hydrogen) atoms. The number of amides is 1. The van der Waals surface area contributed by atoms with E-state index in [4.69, 9.17) is 0 Å². The van der Waals surface area contributed by atoms with Gasteiger partial charge in [0.2, 0.25) is 5.91 Å². The maximum Gasteiger partial charge on any atom is 0.242 e. The molecule has 0 aliphatic carbocycles. The fourth-order valence-corrected chi connectivity index (χ4v) is 6.41. The highest BCUT2D eigenvalue weighted by atomic mass is 32.2. The molecule has 1 amide bonds. The molecule has 0 radical (unpaired) electrons. The van der Waals surface area contributed by atoms with Crippen LogP contribution in [0.25, 0.3) is 21.7 Å². The SMILES string of the molecule is CC1CCN(C(=O)Cn2cc(S(=O)(=O)Cc3cccc4ccccc34)c3ccccc32)CC1. The molecule has 170 valence electrons. The highest BCUT2D eigenvalue weighted by molar-refractivity contribution is 7.91. The van der Waals surface area contributed by atoms with Crippen LogP contribution < -0.4 is 0 Å². The summed E-state index contributed by atoms with van der Waals surface area (Å²) in [5, 5.41) is 2.63. The van der Waals surface area contributed by atoms with Crippen LogP contribution in [-0.2, 0) is 26.9 Å². The Morgan fingerprint density at radius 2 is 1.58 bits per heavy atom. The number of fused-ring (bicyclic) bond motifs is 2. The zero-order valence-corrected chi connectivity index (χ0v) is 19.6. The van der Waals surface area contributed by atoms with Crippen LogP contribution in [0.4, 0.5) is 0 Å². The van der Waals surface area contributed by atoms with E-state index in [-0.39, 0.29) is 23.1 Å². The lowest BCUT2D eigenvalue weighted by Crippen LogP contribution is -2.39. The molecular weight excluding hydrogens is 432 g/mol. The van der Waals surface area contributed by atoms with E-state index < -0.39 is 9.84 Å². The molecule has 4 aromatic rings. The van der Waals surface area contributed by atoms with Gasteiger partial charge in [-0.3, -0.25) is 4.79 Å². The summed E-state index contributed by atoms with van der Waals surface area (Å²) in [7, 11) is -3.62. The number of carbonyl (C=O) groups is 1. The smallest absolute Gasteiger partial charge is 0.242 e. The number of aromatic nitrogens is 1. The maximum absolute atomic E-state index is 13.6. The molecule has 0 saturated carbocycles. The van der Waals surface area contributed by atoms with Gasteiger partial charge in [-0.05, 0) is 41.2 Å². The van der Waals surface area contributed by atoms with E-state index in [1.807, 2.05) is 71.6 Å². The number of hydrogen-bond acceptors (Lipinski definition) is 3. The van der Waals surface area contributed by atoms with Crippen molar-refractivity contribution in [3.05, 3.63) is 78.5 Å². The van der Waals surface area contributed by atoms with Crippen LogP contribution in [-0.4, -0.2) is 36.9 Å². The normalized spacial score (nSPS) is 15.4. The van der Waals surface area contributed by atoms with Gasteiger partial charge >= 0.3 is 0 Å². The van der Waals surface area contributed by atoms with Gasteiger partial charge in [0.05, 0.1) is 10.6 Å². The Morgan fingerprint density at radius 1 is 0.909 bits per heavy atom. The third kappa shape index (κ3) is 4.27. The van der Waals surface area contributed by atoms with Crippen LogP contribution in [0.1, 0.15) is 25.3 Å². The molecular formula is C27H28N2O3S. The molecule has 1 aliphatic rings. The third-order valence-corrected chi connectivity index (χ3v) is 8.44. The first kappa shape index (κ1) is 21.7. The summed E-state index contributed by atoms with van der Waals surface area (Å²) in [5.41, 5.74) is 1.55. The minimum absolute atomic E-state index is 0.0423. The zero-order chi connectivity index (χ0) is 23.0. The van der Waals surface area contributed by atoms with E-state index in [1.54, 1.807) is 10.8 Å². The number of piperidine rings is 1. The van der Waals surface area contributed by atoms with E-state index in [1.165, 1.54) is 0 Å². The summed E-state index contributed by atoms with van der Waals surface area (Å²) in [6, 6.07) is 21.0. The van der Waals surface area contributed by atoms with Crippen molar-refractivity contribution in [2.45, 2.75) is 37.0 Å². The number of likely N-dealkylation sites (tertiary alicyclic amines) is 1. The number of benzene rings is 3. The van der Waals surface area contributed by atoms with Gasteiger partial charge in [-0.1, -0.05) is 67.6 Å². The van der Waals surface area contributed by atoms with Crippen molar-refractivity contribution in [3.63, 3.8) is 0 Å². The lowest BCUT2D eigenvalue weighted by molar-refractivity contribution is -0.133. The minimum atomic E-state index is -3.62. The van der Waals surface area contributed by atoms with Crippen molar-refractivity contribution in [3.8, 4) is 0 Å². The second-order valence-electron chi connectivity index (χ2n) is 9.10. The lowest BCUT2D eigenvalue weighted by Gasteiger charge is -2.30. The Labute approximate surface area is 194 Å².